The van der Waals surface area contributed by atoms with Crippen molar-refractivity contribution in [2.24, 2.45) is 11.3 Å². The summed E-state index contributed by atoms with van der Waals surface area (Å²) in [6.07, 6.45) is 6.45. The summed E-state index contributed by atoms with van der Waals surface area (Å²) in [7, 11) is 0. The SMILES string of the molecule is CCCC(C)CC1(C)CCN(c2ccccc2NO)CC1. The lowest BCUT2D eigenvalue weighted by molar-refractivity contribution is 0.189. The second-order valence-electron chi connectivity index (χ2n) is 7.02. The van der Waals surface area contributed by atoms with Crippen molar-refractivity contribution in [3.05, 3.63) is 24.3 Å². The molecule has 1 atom stereocenters. The van der Waals surface area contributed by atoms with Gasteiger partial charge in [0.15, 0.2) is 0 Å². The predicted molar refractivity (Wildman–Crippen MR) is 90.1 cm³/mol. The van der Waals surface area contributed by atoms with Crippen LogP contribution >= 0.6 is 0 Å². The van der Waals surface area contributed by atoms with E-state index in [-0.39, 0.29) is 0 Å². The topological polar surface area (TPSA) is 35.5 Å². The first-order valence-electron chi connectivity index (χ1n) is 8.32. The van der Waals surface area contributed by atoms with Gasteiger partial charge >= 0.3 is 0 Å². The quantitative estimate of drug-likeness (QED) is 0.730. The molecule has 1 heterocycles. The van der Waals surface area contributed by atoms with E-state index in [0.717, 1.165) is 30.4 Å². The molecule has 1 aromatic rings. The van der Waals surface area contributed by atoms with Crippen LogP contribution in [-0.2, 0) is 0 Å². The number of para-hydroxylation sites is 2. The maximum atomic E-state index is 9.25. The van der Waals surface area contributed by atoms with Crippen LogP contribution in [0.5, 0.6) is 0 Å². The molecule has 1 saturated heterocycles. The minimum Gasteiger partial charge on any atom is -0.370 e. The smallest absolute Gasteiger partial charge is 0.0835 e. The number of hydrogen-bond acceptors (Lipinski definition) is 3. The fraction of sp³-hybridized carbons (Fsp3) is 0.667. The average molecular weight is 290 g/mol. The minimum atomic E-state index is 0.479. The van der Waals surface area contributed by atoms with E-state index < -0.39 is 0 Å². The van der Waals surface area contributed by atoms with E-state index >= 15 is 0 Å². The van der Waals surface area contributed by atoms with Crippen LogP contribution in [0.15, 0.2) is 24.3 Å². The summed E-state index contributed by atoms with van der Waals surface area (Å²) in [5, 5.41) is 9.25. The van der Waals surface area contributed by atoms with Crippen LogP contribution in [0, 0.1) is 11.3 Å². The molecular weight excluding hydrogens is 260 g/mol. The van der Waals surface area contributed by atoms with Gasteiger partial charge in [0.1, 0.15) is 0 Å². The second-order valence-corrected chi connectivity index (χ2v) is 7.02. The van der Waals surface area contributed by atoms with Crippen LogP contribution in [0.1, 0.15) is 52.9 Å². The van der Waals surface area contributed by atoms with Crippen molar-refractivity contribution in [1.29, 1.82) is 0 Å². The highest BCUT2D eigenvalue weighted by Gasteiger charge is 2.31. The van der Waals surface area contributed by atoms with Gasteiger partial charge in [0.2, 0.25) is 0 Å². The van der Waals surface area contributed by atoms with Crippen LogP contribution in [0.25, 0.3) is 0 Å². The molecule has 0 spiro atoms. The monoisotopic (exact) mass is 290 g/mol. The van der Waals surface area contributed by atoms with Crippen molar-refractivity contribution in [2.45, 2.75) is 52.9 Å². The first kappa shape index (κ1) is 16.2. The van der Waals surface area contributed by atoms with Gasteiger partial charge < -0.3 is 4.90 Å². The molecule has 0 aromatic heterocycles. The fourth-order valence-electron chi connectivity index (χ4n) is 3.77. The van der Waals surface area contributed by atoms with Gasteiger partial charge in [0.05, 0.1) is 11.4 Å². The van der Waals surface area contributed by atoms with E-state index in [0.29, 0.717) is 5.41 Å². The summed E-state index contributed by atoms with van der Waals surface area (Å²) < 4.78 is 0. The van der Waals surface area contributed by atoms with Crippen LogP contribution < -0.4 is 10.4 Å². The number of piperidine rings is 1. The lowest BCUT2D eigenvalue weighted by Gasteiger charge is -2.42. The Bertz CT molecular complexity index is 439. The third-order valence-electron chi connectivity index (χ3n) is 4.96. The third-order valence-corrected chi connectivity index (χ3v) is 4.96. The zero-order chi connectivity index (χ0) is 15.3. The third kappa shape index (κ3) is 4.13. The van der Waals surface area contributed by atoms with Crippen LogP contribution in [0.3, 0.4) is 0 Å². The number of benzene rings is 1. The lowest BCUT2D eigenvalue weighted by atomic mass is 9.73. The summed E-state index contributed by atoms with van der Waals surface area (Å²) in [6, 6.07) is 7.99. The Kier molecular flexibility index (Phi) is 5.51. The Morgan fingerprint density at radius 1 is 1.29 bits per heavy atom. The van der Waals surface area contributed by atoms with Gasteiger partial charge in [-0.1, -0.05) is 45.7 Å². The molecule has 2 N–H and O–H groups in total. The highest BCUT2D eigenvalue weighted by molar-refractivity contribution is 5.69. The summed E-state index contributed by atoms with van der Waals surface area (Å²) in [5.74, 6) is 0.831. The summed E-state index contributed by atoms with van der Waals surface area (Å²) in [6.45, 7) is 9.28. The first-order valence-corrected chi connectivity index (χ1v) is 8.32. The summed E-state index contributed by atoms with van der Waals surface area (Å²) in [4.78, 5) is 2.39. The molecule has 21 heavy (non-hydrogen) atoms. The van der Waals surface area contributed by atoms with Gasteiger partial charge in [-0.2, -0.15) is 0 Å². The van der Waals surface area contributed by atoms with Gasteiger partial charge in [0, 0.05) is 13.1 Å². The van der Waals surface area contributed by atoms with Crippen molar-refractivity contribution in [1.82, 2.24) is 0 Å². The minimum absolute atomic E-state index is 0.479. The molecule has 1 fully saturated rings. The zero-order valence-electron chi connectivity index (χ0n) is 13.7. The number of rotatable bonds is 6. The number of nitrogens with zero attached hydrogens (tertiary/aromatic N) is 1. The Morgan fingerprint density at radius 3 is 2.57 bits per heavy atom. The molecular formula is C18H30N2O. The molecule has 2 rings (SSSR count). The summed E-state index contributed by atoms with van der Waals surface area (Å²) >= 11 is 0. The van der Waals surface area contributed by atoms with Gasteiger partial charge in [0.25, 0.3) is 0 Å². The van der Waals surface area contributed by atoms with Crippen molar-refractivity contribution in [2.75, 3.05) is 23.5 Å². The molecule has 3 nitrogen and oxygen atoms in total. The normalized spacial score (nSPS) is 19.3. The molecule has 0 saturated carbocycles. The van der Waals surface area contributed by atoms with Crippen molar-refractivity contribution in [3.8, 4) is 0 Å². The van der Waals surface area contributed by atoms with Gasteiger partial charge in [-0.15, -0.1) is 0 Å². The van der Waals surface area contributed by atoms with E-state index in [1.807, 2.05) is 18.2 Å². The number of nitrogens with one attached hydrogen (secondary N) is 1. The summed E-state index contributed by atoms with van der Waals surface area (Å²) in [5.41, 5.74) is 4.72. The number of hydrogen-bond donors (Lipinski definition) is 2. The molecule has 118 valence electrons. The molecule has 0 amide bonds. The van der Waals surface area contributed by atoms with E-state index in [1.165, 1.54) is 32.1 Å². The Hall–Kier alpha value is -1.22. The number of anilines is 2. The molecule has 0 aliphatic carbocycles. The maximum absolute atomic E-state index is 9.25. The van der Waals surface area contributed by atoms with Crippen LogP contribution in [0.2, 0.25) is 0 Å². The largest absolute Gasteiger partial charge is 0.370 e. The van der Waals surface area contributed by atoms with Crippen molar-refractivity contribution in [3.63, 3.8) is 0 Å². The molecule has 0 bridgehead atoms. The van der Waals surface area contributed by atoms with Gasteiger partial charge in [-0.25, -0.2) is 0 Å². The van der Waals surface area contributed by atoms with Crippen molar-refractivity contribution < 1.29 is 5.21 Å². The highest BCUT2D eigenvalue weighted by atomic mass is 16.5. The Morgan fingerprint density at radius 2 is 1.95 bits per heavy atom. The Balaban J connectivity index is 1.96. The zero-order valence-corrected chi connectivity index (χ0v) is 13.7. The highest BCUT2D eigenvalue weighted by Crippen LogP contribution is 2.40. The van der Waals surface area contributed by atoms with Gasteiger partial charge in [-0.3, -0.25) is 10.7 Å². The maximum Gasteiger partial charge on any atom is 0.0835 e. The van der Waals surface area contributed by atoms with E-state index in [1.54, 1.807) is 0 Å². The van der Waals surface area contributed by atoms with E-state index in [4.69, 9.17) is 0 Å². The standard InChI is InChI=1S/C18H30N2O/c1-4-7-15(2)14-18(3)10-12-20(13-11-18)17-9-6-5-8-16(17)19-21/h5-6,8-9,15,19,21H,4,7,10-14H2,1-3H3. The van der Waals surface area contributed by atoms with E-state index in [2.05, 4.69) is 37.2 Å². The molecule has 1 aliphatic rings. The molecule has 1 aromatic carbocycles. The second kappa shape index (κ2) is 7.17. The lowest BCUT2D eigenvalue weighted by Crippen LogP contribution is -2.39. The molecule has 0 radical (unpaired) electrons. The van der Waals surface area contributed by atoms with Crippen molar-refractivity contribution >= 4 is 11.4 Å². The van der Waals surface area contributed by atoms with Crippen LogP contribution in [-0.4, -0.2) is 18.3 Å². The van der Waals surface area contributed by atoms with Crippen LogP contribution in [0.4, 0.5) is 11.4 Å². The fourth-order valence-corrected chi connectivity index (χ4v) is 3.77. The van der Waals surface area contributed by atoms with E-state index in [9.17, 15) is 5.21 Å². The first-order chi connectivity index (χ1) is 10.1. The predicted octanol–water partition coefficient (Wildman–Crippen LogP) is 4.92. The van der Waals surface area contributed by atoms with Gasteiger partial charge in [-0.05, 0) is 42.7 Å². The molecule has 1 unspecified atom stereocenters. The average Bonchev–Trinajstić information content (AvgIpc) is 2.48. The molecule has 3 heteroatoms. The Labute approximate surface area is 129 Å². The molecule has 1 aliphatic heterocycles.